The predicted molar refractivity (Wildman–Crippen MR) is 92.0 cm³/mol. The Labute approximate surface area is 148 Å². The molecule has 0 aliphatic carbocycles. The van der Waals surface area contributed by atoms with Crippen molar-refractivity contribution in [3.63, 3.8) is 0 Å². The number of carbonyl (C=O) groups excluding carboxylic acids is 2. The lowest BCUT2D eigenvalue weighted by Crippen LogP contribution is -2.54. The van der Waals surface area contributed by atoms with Crippen LogP contribution in [0.15, 0.2) is 12.3 Å². The second-order valence-corrected chi connectivity index (χ2v) is 6.89. The number of aliphatic hydroxyl groups excluding tert-OH is 1. The van der Waals surface area contributed by atoms with E-state index < -0.39 is 6.10 Å². The van der Waals surface area contributed by atoms with Gasteiger partial charge in [-0.25, -0.2) is 0 Å². The van der Waals surface area contributed by atoms with Crippen molar-refractivity contribution in [3.8, 4) is 0 Å². The van der Waals surface area contributed by atoms with Crippen LogP contribution in [-0.4, -0.2) is 92.8 Å². The zero-order chi connectivity index (χ0) is 18.0. The van der Waals surface area contributed by atoms with Crippen molar-refractivity contribution < 1.29 is 14.7 Å². The smallest absolute Gasteiger partial charge is 0.272 e. The first kappa shape index (κ1) is 17.9. The molecule has 0 radical (unpaired) electrons. The van der Waals surface area contributed by atoms with Gasteiger partial charge in [0.25, 0.3) is 5.91 Å². The fourth-order valence-electron chi connectivity index (χ4n) is 3.82. The Kier molecular flexibility index (Phi) is 5.39. The average molecular weight is 349 g/mol. The van der Waals surface area contributed by atoms with Gasteiger partial charge < -0.3 is 14.9 Å². The maximum absolute atomic E-state index is 12.7. The molecule has 1 aromatic heterocycles. The number of carbonyl (C=O) groups is 2. The van der Waals surface area contributed by atoms with Gasteiger partial charge in [0.05, 0.1) is 6.10 Å². The monoisotopic (exact) mass is 349 g/mol. The van der Waals surface area contributed by atoms with Crippen molar-refractivity contribution in [2.75, 3.05) is 39.3 Å². The third-order valence-electron chi connectivity index (χ3n) is 5.39. The minimum Gasteiger partial charge on any atom is -0.391 e. The summed E-state index contributed by atoms with van der Waals surface area (Å²) in [5, 5.41) is 14.6. The van der Waals surface area contributed by atoms with Crippen LogP contribution in [0.3, 0.4) is 0 Å². The zero-order valence-corrected chi connectivity index (χ0v) is 15.0. The first-order valence-corrected chi connectivity index (χ1v) is 8.92. The Hall–Kier alpha value is -1.93. The number of piperazine rings is 1. The van der Waals surface area contributed by atoms with Crippen LogP contribution in [0.1, 0.15) is 30.3 Å². The highest BCUT2D eigenvalue weighted by Gasteiger charge is 2.33. The van der Waals surface area contributed by atoms with Gasteiger partial charge in [0.2, 0.25) is 5.91 Å². The molecule has 3 rings (SSSR count). The molecule has 8 nitrogen and oxygen atoms in total. The molecule has 2 atom stereocenters. The third kappa shape index (κ3) is 3.85. The molecule has 25 heavy (non-hydrogen) atoms. The number of amides is 2. The van der Waals surface area contributed by atoms with Gasteiger partial charge in [-0.15, -0.1) is 0 Å². The molecular weight excluding hydrogens is 322 g/mol. The predicted octanol–water partition coefficient (Wildman–Crippen LogP) is -0.450. The van der Waals surface area contributed by atoms with Gasteiger partial charge >= 0.3 is 0 Å². The number of aliphatic hydroxyl groups is 1. The summed E-state index contributed by atoms with van der Waals surface area (Å²) in [7, 11) is 1.76. The first-order valence-electron chi connectivity index (χ1n) is 8.92. The van der Waals surface area contributed by atoms with Crippen molar-refractivity contribution in [2.24, 2.45) is 7.05 Å². The highest BCUT2D eigenvalue weighted by atomic mass is 16.3. The molecule has 138 valence electrons. The van der Waals surface area contributed by atoms with Gasteiger partial charge in [0.15, 0.2) is 0 Å². The first-order chi connectivity index (χ1) is 12.0. The number of likely N-dealkylation sites (tertiary alicyclic amines) is 1. The molecule has 2 aliphatic rings. The summed E-state index contributed by atoms with van der Waals surface area (Å²) >= 11 is 0. The van der Waals surface area contributed by atoms with E-state index in [2.05, 4.69) is 10.00 Å². The molecule has 0 unspecified atom stereocenters. The van der Waals surface area contributed by atoms with Gasteiger partial charge in [-0.3, -0.25) is 19.2 Å². The number of rotatable bonds is 2. The van der Waals surface area contributed by atoms with E-state index in [0.717, 1.165) is 19.5 Å². The standard InChI is InChI=1S/C17H27N5O3/c1-13(23)20-9-11-21(12-10-20)14-4-7-22(8-5-16(14)24)17(25)15-3-6-18-19(15)2/h3,6,14,16,24H,4-5,7-12H2,1-2H3/t14-,16-/m0/s1. The van der Waals surface area contributed by atoms with Crippen LogP contribution >= 0.6 is 0 Å². The number of hydrogen-bond donors (Lipinski definition) is 1. The quantitative estimate of drug-likeness (QED) is 0.782. The topological polar surface area (TPSA) is 81.9 Å². The molecular formula is C17H27N5O3. The van der Waals surface area contributed by atoms with E-state index in [0.29, 0.717) is 38.3 Å². The van der Waals surface area contributed by atoms with Crippen LogP contribution in [0, 0.1) is 0 Å². The van der Waals surface area contributed by atoms with Crippen molar-refractivity contribution in [1.82, 2.24) is 24.5 Å². The van der Waals surface area contributed by atoms with Crippen LogP contribution < -0.4 is 0 Å². The van der Waals surface area contributed by atoms with Gasteiger partial charge in [0, 0.05) is 65.5 Å². The molecule has 1 aromatic rings. The van der Waals surface area contributed by atoms with Crippen molar-refractivity contribution >= 4 is 11.8 Å². The van der Waals surface area contributed by atoms with Crippen molar-refractivity contribution in [3.05, 3.63) is 18.0 Å². The van der Waals surface area contributed by atoms with E-state index >= 15 is 0 Å². The molecule has 1 N–H and O–H groups in total. The summed E-state index contributed by atoms with van der Waals surface area (Å²) in [5.74, 6) is 0.0725. The average Bonchev–Trinajstić information content (AvgIpc) is 2.93. The second-order valence-electron chi connectivity index (χ2n) is 6.89. The molecule has 0 spiro atoms. The summed E-state index contributed by atoms with van der Waals surface area (Å²) in [5.41, 5.74) is 0.572. The highest BCUT2D eigenvalue weighted by Crippen LogP contribution is 2.20. The summed E-state index contributed by atoms with van der Waals surface area (Å²) < 4.78 is 1.59. The number of aryl methyl sites for hydroxylation is 1. The van der Waals surface area contributed by atoms with Gasteiger partial charge in [-0.1, -0.05) is 0 Å². The van der Waals surface area contributed by atoms with E-state index in [-0.39, 0.29) is 17.9 Å². The van der Waals surface area contributed by atoms with Crippen LogP contribution in [-0.2, 0) is 11.8 Å². The van der Waals surface area contributed by atoms with E-state index in [1.165, 1.54) is 0 Å². The van der Waals surface area contributed by atoms with Crippen LogP contribution in [0.5, 0.6) is 0 Å². The Balaban J connectivity index is 1.61. The van der Waals surface area contributed by atoms with E-state index in [9.17, 15) is 14.7 Å². The number of nitrogens with zero attached hydrogens (tertiary/aromatic N) is 5. The zero-order valence-electron chi connectivity index (χ0n) is 15.0. The van der Waals surface area contributed by atoms with Gasteiger partial charge in [-0.05, 0) is 18.9 Å². The summed E-state index contributed by atoms with van der Waals surface area (Å²) in [4.78, 5) is 30.1. The molecule has 2 amide bonds. The molecule has 2 fully saturated rings. The molecule has 3 heterocycles. The van der Waals surface area contributed by atoms with E-state index in [1.807, 2.05) is 9.80 Å². The van der Waals surface area contributed by atoms with Gasteiger partial charge in [-0.2, -0.15) is 5.10 Å². The largest absolute Gasteiger partial charge is 0.391 e. The summed E-state index contributed by atoms with van der Waals surface area (Å²) in [6, 6.07) is 1.76. The Morgan fingerprint density at radius 1 is 1.08 bits per heavy atom. The summed E-state index contributed by atoms with van der Waals surface area (Å²) in [6.45, 7) is 5.73. The number of hydrogen-bond acceptors (Lipinski definition) is 5. The normalized spacial score (nSPS) is 25.7. The fraction of sp³-hybridized carbons (Fsp3) is 0.706. The SMILES string of the molecule is CC(=O)N1CCN([C@H]2CCN(C(=O)c3ccnn3C)CC[C@@H]2O)CC1. The maximum Gasteiger partial charge on any atom is 0.272 e. The second kappa shape index (κ2) is 7.53. The minimum absolute atomic E-state index is 0.0331. The maximum atomic E-state index is 12.7. The molecule has 2 saturated heterocycles. The highest BCUT2D eigenvalue weighted by molar-refractivity contribution is 5.92. The molecule has 8 heteroatoms. The molecule has 0 bridgehead atoms. The molecule has 0 aromatic carbocycles. The van der Waals surface area contributed by atoms with Gasteiger partial charge in [0.1, 0.15) is 5.69 Å². The van der Waals surface area contributed by atoms with Crippen molar-refractivity contribution in [2.45, 2.75) is 31.9 Å². The lowest BCUT2D eigenvalue weighted by atomic mass is 10.0. The van der Waals surface area contributed by atoms with Crippen LogP contribution in [0.4, 0.5) is 0 Å². The Bertz CT molecular complexity index is 624. The number of aromatic nitrogens is 2. The lowest BCUT2D eigenvalue weighted by Gasteiger charge is -2.40. The van der Waals surface area contributed by atoms with E-state index in [4.69, 9.17) is 0 Å². The molecule has 2 aliphatic heterocycles. The summed E-state index contributed by atoms with van der Waals surface area (Å²) in [6.07, 6.45) is 2.48. The molecule has 0 saturated carbocycles. The van der Waals surface area contributed by atoms with Crippen molar-refractivity contribution in [1.29, 1.82) is 0 Å². The Morgan fingerprint density at radius 3 is 2.36 bits per heavy atom. The minimum atomic E-state index is -0.451. The van der Waals surface area contributed by atoms with Crippen LogP contribution in [0.2, 0.25) is 0 Å². The lowest BCUT2D eigenvalue weighted by molar-refractivity contribution is -0.131. The third-order valence-corrected chi connectivity index (χ3v) is 5.39. The van der Waals surface area contributed by atoms with E-state index in [1.54, 1.807) is 30.9 Å². The Morgan fingerprint density at radius 2 is 1.76 bits per heavy atom. The van der Waals surface area contributed by atoms with Crippen LogP contribution in [0.25, 0.3) is 0 Å². The fourth-order valence-corrected chi connectivity index (χ4v) is 3.82.